The number of benzene rings is 1. The highest BCUT2D eigenvalue weighted by Gasteiger charge is 2.50. The number of fused-ring (bicyclic) bond motifs is 1. The zero-order valence-corrected chi connectivity index (χ0v) is 34.6. The van der Waals surface area contributed by atoms with Gasteiger partial charge >= 0.3 is 23.5 Å². The fraction of sp³-hybridized carbons (Fsp3) is 0.533. The zero-order chi connectivity index (χ0) is 43.1. The summed E-state index contributed by atoms with van der Waals surface area (Å²) >= 11 is 1.07. The van der Waals surface area contributed by atoms with Crippen LogP contribution in [0, 0.1) is 12.3 Å². The first-order chi connectivity index (χ1) is 27.0. The number of aliphatic hydroxyl groups is 2. The second-order valence-electron chi connectivity index (χ2n) is 13.5. The maximum atomic E-state index is 12.7. The Hall–Kier alpha value is -3.22. The fourth-order valence-corrected chi connectivity index (χ4v) is 8.86. The van der Waals surface area contributed by atoms with E-state index in [-0.39, 0.29) is 48.0 Å². The maximum Gasteiger partial charge on any atom is 0.481 e. The van der Waals surface area contributed by atoms with Gasteiger partial charge in [0.15, 0.2) is 22.8 Å². The topological polar surface area (TPSA) is 364 Å². The SMILES string of the molecule is Cc1cccc(CC(=O)SCCNC(=O)CCNC(=O)[C@H](O)C(C)(C)COP(=O)(O)OP(=O)(O)OC[C@H]2O[C@@H](n3cnc4c(N)ncnc43)[C@H](O)[C@@H]2OP(=O)(O)O)c1. The molecule has 1 fully saturated rings. The Morgan fingerprint density at radius 2 is 1.76 bits per heavy atom. The van der Waals surface area contributed by atoms with E-state index in [0.29, 0.717) is 5.75 Å². The van der Waals surface area contributed by atoms with E-state index in [4.69, 9.17) is 19.5 Å². The molecular formula is C30H44N7O17P3S. The summed E-state index contributed by atoms with van der Waals surface area (Å²) < 4.78 is 62.2. The van der Waals surface area contributed by atoms with Crippen LogP contribution in [0.4, 0.5) is 5.82 Å². The number of anilines is 1. The normalized spacial score (nSPS) is 21.3. The number of carbonyl (C=O) groups excluding carboxylic acids is 3. The van der Waals surface area contributed by atoms with E-state index in [9.17, 15) is 57.9 Å². The van der Waals surface area contributed by atoms with Gasteiger partial charge in [-0.05, 0) is 12.5 Å². The highest BCUT2D eigenvalue weighted by molar-refractivity contribution is 8.13. The summed E-state index contributed by atoms with van der Waals surface area (Å²) in [4.78, 5) is 88.0. The molecule has 2 unspecified atom stereocenters. The van der Waals surface area contributed by atoms with E-state index >= 15 is 0 Å². The first kappa shape index (κ1) is 47.5. The summed E-state index contributed by atoms with van der Waals surface area (Å²) in [5, 5.41) is 26.4. The van der Waals surface area contributed by atoms with Crippen LogP contribution in [0.5, 0.6) is 0 Å². The molecule has 10 N–H and O–H groups in total. The minimum Gasteiger partial charge on any atom is -0.386 e. The van der Waals surface area contributed by atoms with Gasteiger partial charge in [-0.15, -0.1) is 0 Å². The lowest BCUT2D eigenvalue weighted by molar-refractivity contribution is -0.137. The lowest BCUT2D eigenvalue weighted by Gasteiger charge is -2.30. The molecule has 24 nitrogen and oxygen atoms in total. The number of ether oxygens (including phenoxy) is 1. The number of rotatable bonds is 21. The van der Waals surface area contributed by atoms with Crippen LogP contribution in [0.25, 0.3) is 11.2 Å². The molecule has 322 valence electrons. The molecule has 3 heterocycles. The Labute approximate surface area is 334 Å². The molecule has 3 aromatic rings. The van der Waals surface area contributed by atoms with Gasteiger partial charge in [-0.2, -0.15) is 4.31 Å². The van der Waals surface area contributed by atoms with Crippen LogP contribution < -0.4 is 16.4 Å². The van der Waals surface area contributed by atoms with Crippen molar-refractivity contribution in [2.75, 3.05) is 37.8 Å². The van der Waals surface area contributed by atoms with Crippen molar-refractivity contribution < 1.29 is 80.5 Å². The molecule has 58 heavy (non-hydrogen) atoms. The van der Waals surface area contributed by atoms with Crippen LogP contribution in [0.3, 0.4) is 0 Å². The van der Waals surface area contributed by atoms with Gasteiger partial charge in [0.25, 0.3) is 0 Å². The molecule has 1 saturated heterocycles. The van der Waals surface area contributed by atoms with Gasteiger partial charge in [0.05, 0.1) is 19.5 Å². The number of aryl methyl sites for hydroxylation is 1. The van der Waals surface area contributed by atoms with Crippen molar-refractivity contribution in [2.45, 2.75) is 64.3 Å². The Morgan fingerprint density at radius 1 is 1.05 bits per heavy atom. The third-order valence-corrected chi connectivity index (χ3v) is 12.2. The lowest BCUT2D eigenvalue weighted by atomic mass is 9.87. The van der Waals surface area contributed by atoms with Crippen molar-refractivity contribution in [3.05, 3.63) is 48.0 Å². The number of nitrogen functional groups attached to an aromatic ring is 1. The number of aromatic nitrogens is 4. The molecule has 28 heteroatoms. The van der Waals surface area contributed by atoms with Crippen molar-refractivity contribution in [2.24, 2.45) is 5.41 Å². The summed E-state index contributed by atoms with van der Waals surface area (Å²) in [5.41, 5.74) is 6.18. The lowest BCUT2D eigenvalue weighted by Crippen LogP contribution is -2.46. The third-order valence-electron chi connectivity index (χ3n) is 8.20. The summed E-state index contributed by atoms with van der Waals surface area (Å²) in [7, 11) is -16.4. The van der Waals surface area contributed by atoms with Gasteiger partial charge in [-0.25, -0.2) is 28.6 Å². The smallest absolute Gasteiger partial charge is 0.386 e. The van der Waals surface area contributed by atoms with Crippen LogP contribution in [0.15, 0.2) is 36.9 Å². The minimum absolute atomic E-state index is 0.0297. The summed E-state index contributed by atoms with van der Waals surface area (Å²) in [5.74, 6) is -1.13. The van der Waals surface area contributed by atoms with Crippen molar-refractivity contribution >= 4 is 69.1 Å². The highest BCUT2D eigenvalue weighted by Crippen LogP contribution is 2.61. The number of hydrogen-bond donors (Lipinski definition) is 9. The number of thioether (sulfide) groups is 1. The molecule has 1 aliphatic heterocycles. The van der Waals surface area contributed by atoms with Crippen molar-refractivity contribution in [1.29, 1.82) is 0 Å². The van der Waals surface area contributed by atoms with Crippen LogP contribution in [0.2, 0.25) is 0 Å². The van der Waals surface area contributed by atoms with Gasteiger partial charge in [-0.3, -0.25) is 32.5 Å². The molecule has 0 saturated carbocycles. The fourth-order valence-electron chi connectivity index (χ4n) is 5.33. The van der Waals surface area contributed by atoms with Gasteiger partial charge < -0.3 is 50.9 Å². The van der Waals surface area contributed by atoms with Crippen LogP contribution >= 0.6 is 35.2 Å². The molecular weight excluding hydrogens is 855 g/mol. The number of hydrogen-bond acceptors (Lipinski definition) is 18. The van der Waals surface area contributed by atoms with E-state index < -0.39 is 84.6 Å². The number of nitrogens with one attached hydrogen (secondary N) is 2. The van der Waals surface area contributed by atoms with Crippen molar-refractivity contribution in [3.63, 3.8) is 0 Å². The Morgan fingerprint density at radius 3 is 2.45 bits per heavy atom. The first-order valence-corrected chi connectivity index (χ1v) is 22.6. The van der Waals surface area contributed by atoms with Crippen LogP contribution in [-0.4, -0.2) is 123 Å². The van der Waals surface area contributed by atoms with E-state index in [1.807, 2.05) is 31.2 Å². The minimum atomic E-state index is -5.57. The molecule has 0 spiro atoms. The van der Waals surface area contributed by atoms with Crippen LogP contribution in [0.1, 0.15) is 37.6 Å². The van der Waals surface area contributed by atoms with Gasteiger partial charge in [0.2, 0.25) is 11.8 Å². The predicted molar refractivity (Wildman–Crippen MR) is 202 cm³/mol. The largest absolute Gasteiger partial charge is 0.481 e. The molecule has 0 bridgehead atoms. The maximum absolute atomic E-state index is 12.7. The highest BCUT2D eigenvalue weighted by atomic mass is 32.2. The average molecular weight is 900 g/mol. The number of imidazole rings is 1. The van der Waals surface area contributed by atoms with Gasteiger partial charge in [0, 0.05) is 37.1 Å². The van der Waals surface area contributed by atoms with Gasteiger partial charge in [-0.1, -0.05) is 55.4 Å². The molecule has 2 amide bonds. The Kier molecular flexibility index (Phi) is 16.3. The Bertz CT molecular complexity index is 2090. The second kappa shape index (κ2) is 19.9. The number of aliphatic hydroxyl groups excluding tert-OH is 2. The third kappa shape index (κ3) is 13.9. The van der Waals surface area contributed by atoms with E-state index in [2.05, 4.69) is 34.4 Å². The molecule has 7 atom stereocenters. The molecule has 0 radical (unpaired) electrons. The standard InChI is InChI=1S/C30H44N7O17P3S/c1-17-5-4-6-18(11-17)12-21(39)58-10-9-32-20(38)7-8-33-28(42)25(41)30(2,3)14-51-57(48,49)54-56(46,47)50-13-19-24(53-55(43,44)45)23(40)29(52-19)37-16-36-22-26(31)34-15-35-27(22)37/h4-6,11,15-16,19,23-25,29,40-41H,7-10,12-14H2,1-3H3,(H,32,38)(H,33,42)(H,46,47)(H,48,49)(H2,31,34,35)(H2,43,44,45)/t19-,23-,24-,25+,29-/m1/s1. The average Bonchev–Trinajstić information content (AvgIpc) is 3.68. The van der Waals surface area contributed by atoms with Crippen molar-refractivity contribution in [3.8, 4) is 0 Å². The molecule has 0 aliphatic carbocycles. The van der Waals surface area contributed by atoms with Gasteiger partial charge in [0.1, 0.15) is 36.3 Å². The molecule has 1 aromatic carbocycles. The van der Waals surface area contributed by atoms with E-state index in [1.165, 1.54) is 13.8 Å². The number of carbonyl (C=O) groups is 3. The summed E-state index contributed by atoms with van der Waals surface area (Å²) in [6.07, 6.45) is -6.68. The number of nitrogens with two attached hydrogens (primary N) is 1. The monoisotopic (exact) mass is 899 g/mol. The Balaban J connectivity index is 1.21. The first-order valence-electron chi connectivity index (χ1n) is 17.1. The summed E-state index contributed by atoms with van der Waals surface area (Å²) in [6.45, 7) is 2.40. The quantitative estimate of drug-likeness (QED) is 0.0510. The summed E-state index contributed by atoms with van der Waals surface area (Å²) in [6, 6.07) is 7.56. The number of nitrogens with zero attached hydrogens (tertiary/aromatic N) is 4. The predicted octanol–water partition coefficient (Wildman–Crippen LogP) is 0.216. The van der Waals surface area contributed by atoms with Crippen LogP contribution in [-0.2, 0) is 57.1 Å². The van der Waals surface area contributed by atoms with E-state index in [0.717, 1.165) is 40.1 Å². The molecule has 4 rings (SSSR count). The second-order valence-corrected chi connectivity index (χ2v) is 18.8. The number of amides is 2. The number of phosphoric acid groups is 3. The molecule has 2 aromatic heterocycles. The zero-order valence-electron chi connectivity index (χ0n) is 31.1. The number of phosphoric ester groups is 3. The van der Waals surface area contributed by atoms with Crippen molar-refractivity contribution in [1.82, 2.24) is 30.2 Å². The molecule has 1 aliphatic rings. The van der Waals surface area contributed by atoms with E-state index in [1.54, 1.807) is 0 Å².